The van der Waals surface area contributed by atoms with Crippen molar-refractivity contribution in [2.45, 2.75) is 19.9 Å². The number of aromatic nitrogens is 1. The fourth-order valence-corrected chi connectivity index (χ4v) is 4.27. The van der Waals surface area contributed by atoms with Crippen molar-refractivity contribution in [3.05, 3.63) is 46.5 Å². The molecule has 4 rings (SSSR count). The third-order valence-electron chi connectivity index (χ3n) is 4.47. The first-order valence-electron chi connectivity index (χ1n) is 7.59. The van der Waals surface area contributed by atoms with E-state index in [2.05, 4.69) is 49.2 Å². The van der Waals surface area contributed by atoms with Crippen LogP contribution >= 0.6 is 11.3 Å². The Balaban J connectivity index is 2.12. The van der Waals surface area contributed by atoms with Gasteiger partial charge in [-0.2, -0.15) is 0 Å². The van der Waals surface area contributed by atoms with Crippen molar-refractivity contribution in [3.63, 3.8) is 0 Å². The number of nitrogens with zero attached hydrogens (tertiary/aromatic N) is 2. The van der Waals surface area contributed by atoms with E-state index >= 15 is 0 Å². The molecule has 4 heteroatoms. The molecule has 112 valence electrons. The number of benzene rings is 1. The number of fused-ring (bicyclic) bond motifs is 2. The highest BCUT2D eigenvalue weighted by molar-refractivity contribution is 7.19. The summed E-state index contributed by atoms with van der Waals surface area (Å²) < 4.78 is 0. The normalized spacial score (nSPS) is 15.2. The van der Waals surface area contributed by atoms with E-state index in [4.69, 9.17) is 10.7 Å². The molecule has 22 heavy (non-hydrogen) atoms. The highest BCUT2D eigenvalue weighted by Gasteiger charge is 2.24. The van der Waals surface area contributed by atoms with Gasteiger partial charge in [0.2, 0.25) is 0 Å². The zero-order valence-corrected chi connectivity index (χ0v) is 13.7. The maximum Gasteiger partial charge on any atom is 0.126 e. The second kappa shape index (κ2) is 5.07. The van der Waals surface area contributed by atoms with E-state index < -0.39 is 0 Å². The van der Waals surface area contributed by atoms with Crippen LogP contribution in [-0.4, -0.2) is 23.5 Å². The number of likely N-dealkylation sites (N-methyl/N-ethyl adjacent to an activating group) is 1. The van der Waals surface area contributed by atoms with Crippen molar-refractivity contribution in [3.8, 4) is 11.1 Å². The second-order valence-corrected chi connectivity index (χ2v) is 7.22. The summed E-state index contributed by atoms with van der Waals surface area (Å²) in [5, 5.41) is 1.14. The van der Waals surface area contributed by atoms with Gasteiger partial charge in [-0.1, -0.05) is 30.3 Å². The van der Waals surface area contributed by atoms with Gasteiger partial charge in [-0.25, -0.2) is 4.98 Å². The zero-order chi connectivity index (χ0) is 15.3. The van der Waals surface area contributed by atoms with Gasteiger partial charge in [-0.3, -0.25) is 0 Å². The number of nitrogens with two attached hydrogens (primary N) is 1. The van der Waals surface area contributed by atoms with Crippen LogP contribution in [0.15, 0.2) is 30.3 Å². The van der Waals surface area contributed by atoms with Gasteiger partial charge in [0.25, 0.3) is 0 Å². The van der Waals surface area contributed by atoms with Crippen LogP contribution < -0.4 is 5.73 Å². The molecule has 0 bridgehead atoms. The minimum atomic E-state index is 0.891. The van der Waals surface area contributed by atoms with E-state index in [-0.39, 0.29) is 0 Å². The number of hydrogen-bond acceptors (Lipinski definition) is 4. The number of anilines is 1. The molecule has 3 heterocycles. The standard InChI is InChI=1S/C18H19N3S/c1-11-17(19)16-15(12-6-4-3-5-7-12)13-10-21(2)9-8-14(13)20-18(16)22-11/h3-7H,8-10,19H2,1-2H3. The molecule has 0 amide bonds. The first kappa shape index (κ1) is 13.7. The molecule has 3 aromatic rings. The van der Waals surface area contributed by atoms with Gasteiger partial charge < -0.3 is 10.6 Å². The van der Waals surface area contributed by atoms with Crippen LogP contribution in [0.25, 0.3) is 21.3 Å². The molecular formula is C18H19N3S. The molecule has 1 aliphatic heterocycles. The maximum absolute atomic E-state index is 6.40. The molecule has 0 atom stereocenters. The number of rotatable bonds is 1. The molecule has 2 N–H and O–H groups in total. The number of thiophene rings is 1. The van der Waals surface area contributed by atoms with Crippen molar-refractivity contribution in [1.29, 1.82) is 0 Å². The Bertz CT molecular complexity index is 852. The van der Waals surface area contributed by atoms with Gasteiger partial charge in [0, 0.05) is 41.0 Å². The Morgan fingerprint density at radius 2 is 2.00 bits per heavy atom. The van der Waals surface area contributed by atoms with E-state index in [0.29, 0.717) is 0 Å². The molecule has 1 aliphatic rings. The van der Waals surface area contributed by atoms with Crippen molar-refractivity contribution in [2.24, 2.45) is 0 Å². The van der Waals surface area contributed by atoms with Crippen molar-refractivity contribution in [2.75, 3.05) is 19.3 Å². The lowest BCUT2D eigenvalue weighted by Gasteiger charge is -2.27. The van der Waals surface area contributed by atoms with Crippen molar-refractivity contribution >= 4 is 27.2 Å². The summed E-state index contributed by atoms with van der Waals surface area (Å²) in [6, 6.07) is 10.6. The van der Waals surface area contributed by atoms with Crippen LogP contribution in [0.4, 0.5) is 5.69 Å². The van der Waals surface area contributed by atoms with Gasteiger partial charge in [0.1, 0.15) is 4.83 Å². The molecule has 3 nitrogen and oxygen atoms in total. The molecule has 1 aromatic carbocycles. The quantitative estimate of drug-likeness (QED) is 0.742. The summed E-state index contributed by atoms with van der Waals surface area (Å²) in [4.78, 5) is 9.53. The van der Waals surface area contributed by atoms with Gasteiger partial charge >= 0.3 is 0 Å². The first-order valence-corrected chi connectivity index (χ1v) is 8.41. The third-order valence-corrected chi connectivity index (χ3v) is 5.48. The highest BCUT2D eigenvalue weighted by Crippen LogP contribution is 2.42. The SMILES string of the molecule is Cc1sc2nc3c(c(-c4ccccc4)c2c1N)CN(C)CC3. The van der Waals surface area contributed by atoms with Gasteiger partial charge in [-0.05, 0) is 25.1 Å². The fourth-order valence-electron chi connectivity index (χ4n) is 3.29. The second-order valence-electron chi connectivity index (χ2n) is 6.02. The molecular weight excluding hydrogens is 290 g/mol. The van der Waals surface area contributed by atoms with Crippen LogP contribution in [0.5, 0.6) is 0 Å². The number of nitrogen functional groups attached to an aromatic ring is 1. The molecule has 0 saturated carbocycles. The Kier molecular flexibility index (Phi) is 3.17. The molecule has 0 fully saturated rings. The summed E-state index contributed by atoms with van der Waals surface area (Å²) >= 11 is 1.71. The lowest BCUT2D eigenvalue weighted by Crippen LogP contribution is -2.27. The third kappa shape index (κ3) is 2.02. The van der Waals surface area contributed by atoms with E-state index in [1.165, 1.54) is 22.4 Å². The average molecular weight is 309 g/mol. The number of pyridine rings is 1. The molecule has 0 aliphatic carbocycles. The van der Waals surface area contributed by atoms with Crippen LogP contribution in [-0.2, 0) is 13.0 Å². The first-order chi connectivity index (χ1) is 10.6. The minimum absolute atomic E-state index is 0.891. The molecule has 0 spiro atoms. The van der Waals surface area contributed by atoms with Crippen LogP contribution in [0.2, 0.25) is 0 Å². The Morgan fingerprint density at radius 3 is 2.77 bits per heavy atom. The topological polar surface area (TPSA) is 42.1 Å². The predicted molar refractivity (Wildman–Crippen MR) is 94.2 cm³/mol. The lowest BCUT2D eigenvalue weighted by molar-refractivity contribution is 0.311. The van der Waals surface area contributed by atoms with E-state index in [0.717, 1.165) is 40.3 Å². The predicted octanol–water partition coefficient (Wildman–Crippen LogP) is 3.84. The van der Waals surface area contributed by atoms with Crippen LogP contribution in [0, 0.1) is 6.92 Å². The number of hydrogen-bond donors (Lipinski definition) is 1. The minimum Gasteiger partial charge on any atom is -0.397 e. The fraction of sp³-hybridized carbons (Fsp3) is 0.278. The summed E-state index contributed by atoms with van der Waals surface area (Å²) in [5.41, 5.74) is 12.4. The monoisotopic (exact) mass is 309 g/mol. The molecule has 0 saturated heterocycles. The van der Waals surface area contributed by atoms with Crippen LogP contribution in [0.1, 0.15) is 16.1 Å². The zero-order valence-electron chi connectivity index (χ0n) is 12.9. The van der Waals surface area contributed by atoms with E-state index in [1.807, 2.05) is 0 Å². The Labute approximate surface area is 134 Å². The van der Waals surface area contributed by atoms with E-state index in [1.54, 1.807) is 11.3 Å². The Hall–Kier alpha value is -1.91. The summed E-state index contributed by atoms with van der Waals surface area (Å²) in [7, 11) is 2.17. The van der Waals surface area contributed by atoms with Crippen LogP contribution in [0.3, 0.4) is 0 Å². The largest absolute Gasteiger partial charge is 0.397 e. The van der Waals surface area contributed by atoms with Gasteiger partial charge in [-0.15, -0.1) is 11.3 Å². The summed E-state index contributed by atoms with van der Waals surface area (Å²) in [6.45, 7) is 4.10. The average Bonchev–Trinajstić information content (AvgIpc) is 2.81. The van der Waals surface area contributed by atoms with Crippen molar-refractivity contribution in [1.82, 2.24) is 9.88 Å². The molecule has 0 unspecified atom stereocenters. The highest BCUT2D eigenvalue weighted by atomic mass is 32.1. The summed E-state index contributed by atoms with van der Waals surface area (Å²) in [6.07, 6.45) is 1.01. The van der Waals surface area contributed by atoms with E-state index in [9.17, 15) is 0 Å². The number of aryl methyl sites for hydroxylation is 1. The van der Waals surface area contributed by atoms with Gasteiger partial charge in [0.05, 0.1) is 5.69 Å². The lowest BCUT2D eigenvalue weighted by atomic mass is 9.92. The van der Waals surface area contributed by atoms with Crippen molar-refractivity contribution < 1.29 is 0 Å². The molecule has 0 radical (unpaired) electrons. The molecule has 2 aromatic heterocycles. The van der Waals surface area contributed by atoms with Gasteiger partial charge in [0.15, 0.2) is 0 Å². The maximum atomic E-state index is 6.40. The smallest absolute Gasteiger partial charge is 0.126 e. The Morgan fingerprint density at radius 1 is 1.23 bits per heavy atom. The summed E-state index contributed by atoms with van der Waals surface area (Å²) in [5.74, 6) is 0.